The van der Waals surface area contributed by atoms with Crippen LogP contribution in [-0.4, -0.2) is 48.2 Å². The third-order valence-corrected chi connectivity index (χ3v) is 7.10. The minimum absolute atomic E-state index is 0.167. The number of nitrogens with zero attached hydrogens (tertiary/aromatic N) is 5. The lowest BCUT2D eigenvalue weighted by molar-refractivity contribution is -0.136. The molecule has 9 heteroatoms. The van der Waals surface area contributed by atoms with Gasteiger partial charge < -0.3 is 4.90 Å². The first kappa shape index (κ1) is 19.9. The molecule has 2 aliphatic heterocycles. The summed E-state index contributed by atoms with van der Waals surface area (Å²) >= 11 is 0. The molecule has 0 radical (unpaired) electrons. The topological polar surface area (TPSA) is 102 Å². The van der Waals surface area contributed by atoms with Crippen LogP contribution in [0.5, 0.6) is 0 Å². The van der Waals surface area contributed by atoms with E-state index < -0.39 is 11.9 Å². The maximum Gasteiger partial charge on any atom is 0.255 e. The SMILES string of the molecule is Cn1ncc(-c2ccc3c(c2)CN(C2CCC(=O)NC2=O)C3=O)c1-c1cnn(C2CCC2)c1. The van der Waals surface area contributed by atoms with E-state index in [1.54, 1.807) is 4.90 Å². The molecule has 0 bridgehead atoms. The molecule has 0 spiro atoms. The van der Waals surface area contributed by atoms with Gasteiger partial charge in [-0.25, -0.2) is 0 Å². The number of fused-ring (bicyclic) bond motifs is 1. The van der Waals surface area contributed by atoms with E-state index in [9.17, 15) is 14.4 Å². The molecular formula is C24H24N6O3. The maximum atomic E-state index is 13.0. The van der Waals surface area contributed by atoms with Crippen LogP contribution in [0.2, 0.25) is 0 Å². The van der Waals surface area contributed by atoms with Gasteiger partial charge in [0, 0.05) is 42.9 Å². The summed E-state index contributed by atoms with van der Waals surface area (Å²) in [4.78, 5) is 38.4. The molecular weight excluding hydrogens is 420 g/mol. The highest BCUT2D eigenvalue weighted by Gasteiger charge is 2.39. The summed E-state index contributed by atoms with van der Waals surface area (Å²) in [5.74, 6) is -0.850. The number of nitrogens with one attached hydrogen (secondary N) is 1. The van der Waals surface area contributed by atoms with Gasteiger partial charge in [0.15, 0.2) is 0 Å². The van der Waals surface area contributed by atoms with Gasteiger partial charge in [0.25, 0.3) is 5.91 Å². The molecule has 1 unspecified atom stereocenters. The summed E-state index contributed by atoms with van der Waals surface area (Å²) in [5, 5.41) is 11.4. The Balaban J connectivity index is 1.31. The minimum atomic E-state index is -0.614. The summed E-state index contributed by atoms with van der Waals surface area (Å²) in [6.45, 7) is 0.351. The van der Waals surface area contributed by atoms with Crippen molar-refractivity contribution in [3.05, 3.63) is 47.9 Å². The molecule has 2 aromatic heterocycles. The monoisotopic (exact) mass is 444 g/mol. The average molecular weight is 444 g/mol. The molecule has 1 saturated heterocycles. The molecule has 168 valence electrons. The van der Waals surface area contributed by atoms with E-state index in [-0.39, 0.29) is 18.2 Å². The first-order chi connectivity index (χ1) is 16.0. The summed E-state index contributed by atoms with van der Waals surface area (Å²) in [6, 6.07) is 5.64. The van der Waals surface area contributed by atoms with Crippen molar-refractivity contribution in [1.82, 2.24) is 29.8 Å². The van der Waals surface area contributed by atoms with Crippen molar-refractivity contribution in [3.63, 3.8) is 0 Å². The Morgan fingerprint density at radius 2 is 1.85 bits per heavy atom. The van der Waals surface area contributed by atoms with Crippen LogP contribution in [0.4, 0.5) is 0 Å². The molecule has 2 fully saturated rings. The van der Waals surface area contributed by atoms with E-state index in [0.717, 1.165) is 27.9 Å². The van der Waals surface area contributed by atoms with E-state index in [2.05, 4.69) is 26.4 Å². The van der Waals surface area contributed by atoms with Crippen LogP contribution in [0, 0.1) is 0 Å². The van der Waals surface area contributed by atoms with Crippen LogP contribution in [-0.2, 0) is 23.2 Å². The van der Waals surface area contributed by atoms with Crippen molar-refractivity contribution in [2.45, 2.75) is 50.7 Å². The second-order valence-electron chi connectivity index (χ2n) is 9.10. The molecule has 1 saturated carbocycles. The fourth-order valence-corrected chi connectivity index (χ4v) is 5.04. The standard InChI is InChI=1S/C24H24N6O3/c1-28-22(16-10-26-30(13-16)17-3-2-4-17)19(11-25-28)14-5-6-18-15(9-14)12-29(24(18)33)20-7-8-21(31)27-23(20)32/h5-6,9-11,13,17,20H,2-4,7-8,12H2,1H3,(H,27,31,32). The number of imide groups is 1. The molecule has 1 N–H and O–H groups in total. The fraction of sp³-hybridized carbons (Fsp3) is 0.375. The fourth-order valence-electron chi connectivity index (χ4n) is 5.04. The number of benzene rings is 1. The molecule has 3 aromatic rings. The Labute approximate surface area is 190 Å². The predicted octanol–water partition coefficient (Wildman–Crippen LogP) is 2.44. The second kappa shape index (κ2) is 7.40. The van der Waals surface area contributed by atoms with E-state index in [0.29, 0.717) is 24.6 Å². The Kier molecular flexibility index (Phi) is 4.46. The zero-order valence-electron chi connectivity index (χ0n) is 18.3. The lowest BCUT2D eigenvalue weighted by atomic mass is 9.93. The molecule has 6 rings (SSSR count). The molecule has 3 aliphatic rings. The normalized spacial score (nSPS) is 20.7. The van der Waals surface area contributed by atoms with Gasteiger partial charge in [0.1, 0.15) is 6.04 Å². The Hall–Kier alpha value is -3.75. The van der Waals surface area contributed by atoms with E-state index in [4.69, 9.17) is 0 Å². The number of carbonyl (C=O) groups excluding carboxylic acids is 3. The third kappa shape index (κ3) is 3.18. The van der Waals surface area contributed by atoms with Crippen LogP contribution in [0.15, 0.2) is 36.8 Å². The first-order valence-electron chi connectivity index (χ1n) is 11.3. The first-order valence-corrected chi connectivity index (χ1v) is 11.3. The summed E-state index contributed by atoms with van der Waals surface area (Å²) in [6.07, 6.45) is 10.0. The van der Waals surface area contributed by atoms with Crippen molar-refractivity contribution in [2.24, 2.45) is 7.05 Å². The maximum absolute atomic E-state index is 13.0. The van der Waals surface area contributed by atoms with E-state index in [1.165, 1.54) is 19.3 Å². The van der Waals surface area contributed by atoms with Crippen molar-refractivity contribution in [3.8, 4) is 22.4 Å². The Bertz CT molecular complexity index is 1300. The molecule has 9 nitrogen and oxygen atoms in total. The molecule has 33 heavy (non-hydrogen) atoms. The number of carbonyl (C=O) groups is 3. The van der Waals surface area contributed by atoms with Gasteiger partial charge in [-0.1, -0.05) is 6.07 Å². The number of rotatable bonds is 4. The number of hydrogen-bond acceptors (Lipinski definition) is 5. The highest BCUT2D eigenvalue weighted by Crippen LogP contribution is 2.37. The van der Waals surface area contributed by atoms with Crippen molar-refractivity contribution in [1.29, 1.82) is 0 Å². The van der Waals surface area contributed by atoms with Gasteiger partial charge in [0.05, 0.1) is 24.1 Å². The van der Waals surface area contributed by atoms with Crippen molar-refractivity contribution < 1.29 is 14.4 Å². The Morgan fingerprint density at radius 1 is 1.00 bits per heavy atom. The van der Waals surface area contributed by atoms with Crippen LogP contribution >= 0.6 is 0 Å². The summed E-state index contributed by atoms with van der Waals surface area (Å²) in [5.41, 5.74) is 5.41. The number of aromatic nitrogens is 4. The van der Waals surface area contributed by atoms with Gasteiger partial charge >= 0.3 is 0 Å². The minimum Gasteiger partial charge on any atom is -0.322 e. The quantitative estimate of drug-likeness (QED) is 0.623. The Morgan fingerprint density at radius 3 is 2.61 bits per heavy atom. The van der Waals surface area contributed by atoms with Gasteiger partial charge in [0.2, 0.25) is 11.8 Å². The number of amides is 3. The largest absolute Gasteiger partial charge is 0.322 e. The molecule has 3 amide bonds. The number of piperidine rings is 1. The van der Waals surface area contributed by atoms with Gasteiger partial charge in [-0.2, -0.15) is 10.2 Å². The predicted molar refractivity (Wildman–Crippen MR) is 119 cm³/mol. The second-order valence-corrected chi connectivity index (χ2v) is 9.10. The van der Waals surface area contributed by atoms with Crippen LogP contribution in [0.25, 0.3) is 22.4 Å². The lowest BCUT2D eigenvalue weighted by Crippen LogP contribution is -2.52. The van der Waals surface area contributed by atoms with Crippen molar-refractivity contribution in [2.75, 3.05) is 0 Å². The van der Waals surface area contributed by atoms with Crippen LogP contribution in [0.1, 0.15) is 54.1 Å². The number of hydrogen-bond donors (Lipinski definition) is 1. The van der Waals surface area contributed by atoms with E-state index in [1.807, 2.05) is 42.3 Å². The summed E-state index contributed by atoms with van der Waals surface area (Å²) < 4.78 is 3.90. The number of aryl methyl sites for hydroxylation is 1. The van der Waals surface area contributed by atoms with Crippen LogP contribution in [0.3, 0.4) is 0 Å². The van der Waals surface area contributed by atoms with Crippen LogP contribution < -0.4 is 5.32 Å². The highest BCUT2D eigenvalue weighted by molar-refractivity contribution is 6.05. The summed E-state index contributed by atoms with van der Waals surface area (Å²) in [7, 11) is 1.92. The van der Waals surface area contributed by atoms with Crippen molar-refractivity contribution >= 4 is 17.7 Å². The smallest absolute Gasteiger partial charge is 0.255 e. The van der Waals surface area contributed by atoms with Gasteiger partial charge in [-0.3, -0.25) is 29.1 Å². The lowest BCUT2D eigenvalue weighted by Gasteiger charge is -2.29. The van der Waals surface area contributed by atoms with E-state index >= 15 is 0 Å². The molecule has 4 heterocycles. The molecule has 1 aromatic carbocycles. The average Bonchev–Trinajstić information content (AvgIpc) is 3.44. The zero-order chi connectivity index (χ0) is 22.7. The van der Waals surface area contributed by atoms with Gasteiger partial charge in [-0.05, 0) is 48.9 Å². The highest BCUT2D eigenvalue weighted by atomic mass is 16.2. The van der Waals surface area contributed by atoms with Gasteiger partial charge in [-0.15, -0.1) is 0 Å². The molecule has 1 atom stereocenters. The molecule has 1 aliphatic carbocycles. The zero-order valence-corrected chi connectivity index (χ0v) is 18.3. The third-order valence-electron chi connectivity index (χ3n) is 7.10.